The number of nitrogens with two attached hydrogens (primary N) is 1. The number of amides is 4. The van der Waals surface area contributed by atoms with Crippen LogP contribution < -0.4 is 45.9 Å². The summed E-state index contributed by atoms with van der Waals surface area (Å²) in [6, 6.07) is 25.2. The van der Waals surface area contributed by atoms with Crippen LogP contribution >= 0.6 is 47.0 Å². The Labute approximate surface area is 835 Å². The van der Waals surface area contributed by atoms with Gasteiger partial charge in [-0.05, 0) is 132 Å². The Morgan fingerprint density at radius 2 is 0.529 bits per heavy atom. The second-order valence-corrected chi connectivity index (χ2v) is 42.9. The third kappa shape index (κ3) is 53.8. The summed E-state index contributed by atoms with van der Waals surface area (Å²) in [5, 5.41) is 79.8. The number of nitrogens with one attached hydrogen (secondary N) is 4. The molecule has 1 unspecified atom stereocenters. The van der Waals surface area contributed by atoms with Gasteiger partial charge in [0.05, 0.1) is 168 Å². The zero-order valence-corrected chi connectivity index (χ0v) is 88.1. The first-order valence-electron chi connectivity index (χ1n) is 44.9. The van der Waals surface area contributed by atoms with Crippen LogP contribution in [0.15, 0.2) is 118 Å². The maximum Gasteiger partial charge on any atom is 0.361 e. The van der Waals surface area contributed by atoms with Crippen molar-refractivity contribution >= 4 is 101 Å². The highest BCUT2D eigenvalue weighted by Crippen LogP contribution is 2.57. The topological polar surface area (TPSA) is 587 Å². The third-order valence-corrected chi connectivity index (χ3v) is 24.1. The molecule has 5 aromatic rings. The Morgan fingerprint density at radius 1 is 0.350 bits per heavy atom. The van der Waals surface area contributed by atoms with E-state index in [0.29, 0.717) is 165 Å². The SMILES string of the molecule is CCOC(=O)C[N+](C)(C)CCCNC(=O)COc1c2cc(C(C)(C)C)cc1Sc1cc(C(C)(C)C)cc(c1OCC(=O)NCCC[N+](C)(C)CC(=O)OCC)Sc1cc(C(C)(C)C)cc(c1OCC(=O)NCCC[N+](C)(C)CC(=O)OCC)Sc1cc(C(C)(C)C)cc(c1OCC(=O)NCCC[N+](C)(C)CC(=O)OCC)S2.NC(Cc1ccccc1)C(=O)O.O=[N+]([O-])[O-].O=[N+]([O-])[O-].O=[N+]([O-])[O-].O=[N+]([O-])[O-]. The lowest BCUT2D eigenvalue weighted by molar-refractivity contribution is -0.883. The van der Waals surface area contributed by atoms with Gasteiger partial charge in [0.1, 0.15) is 29.0 Å². The smallest absolute Gasteiger partial charge is 0.361 e. The number of carboxylic acid groups (broad SMARTS) is 1. The Balaban J connectivity index is 0.00000303. The zero-order valence-electron chi connectivity index (χ0n) is 84.8. The van der Waals surface area contributed by atoms with Crippen molar-refractivity contribution < 1.29 is 124 Å². The van der Waals surface area contributed by atoms with Crippen LogP contribution in [0.25, 0.3) is 0 Å². The summed E-state index contributed by atoms with van der Waals surface area (Å²) in [4.78, 5) is 156. The normalized spacial score (nSPS) is 12.1. The van der Waals surface area contributed by atoms with Crippen LogP contribution in [0.1, 0.15) is 164 Å². The molecule has 5 aromatic carbocycles. The number of carbonyl (C=O) groups excluding carboxylic acids is 8. The van der Waals surface area contributed by atoms with Gasteiger partial charge in [0.2, 0.25) is 0 Å². The number of benzene rings is 5. The summed E-state index contributed by atoms with van der Waals surface area (Å²) in [5.41, 5.74) is 8.05. The standard InChI is InChI=1S/C84H128N8O16S4.C9H11NO2.4NO3/c1-25-101-73(97)49-89(17,18)37-29-33-85-69(93)53-105-77-61-41-57(81(5,6)7)42-62(77)110-64-44-59(83(11,12)13)46-66(79(64)107-55-71(95)87-35-31-39-91(21,22)51-75(99)103-27-3)112-68-48-60(84(14,15)16)47-67(80(68)108-56-72(96)88-36-32-40-92(23,24)52-76(100)104-28-4)111-65-45-58(82(8,9)10)43-63(109-61)78(65)106-54-70(94)86-34-30-38-90(19,20)50-74(98)102-26-2;10-8(9(11)12)6-7-4-2-1-3-5-7;4*2-1(3)4/h41-48H,25-40,49-56H2,1-24H3;1-5,8H,6,10H2,(H,11,12);;;;/q;;4*-1/p+4. The van der Waals surface area contributed by atoms with Crippen molar-refractivity contribution in [2.75, 3.05) is 188 Å². The number of carboxylic acids is 1. The lowest BCUT2D eigenvalue weighted by Gasteiger charge is -2.29. The molecule has 1 aliphatic heterocycles. The highest BCUT2D eigenvalue weighted by atomic mass is 32.2. The first kappa shape index (κ1) is 127. The van der Waals surface area contributed by atoms with E-state index in [2.05, 4.69) is 153 Å². The van der Waals surface area contributed by atoms with Gasteiger partial charge in [0, 0.05) is 51.9 Å². The van der Waals surface area contributed by atoms with Crippen molar-refractivity contribution in [2.24, 2.45) is 5.73 Å². The van der Waals surface area contributed by atoms with Crippen LogP contribution in [0.2, 0.25) is 0 Å². The van der Waals surface area contributed by atoms with Crippen LogP contribution in [-0.4, -0.2) is 291 Å². The first-order valence-corrected chi connectivity index (χ1v) is 48.2. The summed E-state index contributed by atoms with van der Waals surface area (Å²) in [6.07, 6.45) is 2.63. The second-order valence-electron chi connectivity index (χ2n) is 38.6. The van der Waals surface area contributed by atoms with Gasteiger partial charge in [-0.1, -0.05) is 160 Å². The number of hydrogen-bond donors (Lipinski definition) is 6. The molecule has 140 heavy (non-hydrogen) atoms. The van der Waals surface area contributed by atoms with E-state index in [1.165, 1.54) is 47.0 Å². The number of likely N-dealkylation sites (N-methyl/N-ethyl adjacent to an activating group) is 4. The van der Waals surface area contributed by atoms with Gasteiger partial charge < -0.3 is 149 Å². The van der Waals surface area contributed by atoms with Crippen LogP contribution in [0, 0.1) is 61.3 Å². The van der Waals surface area contributed by atoms with E-state index >= 15 is 0 Å². The molecule has 47 heteroatoms. The van der Waals surface area contributed by atoms with Crippen LogP contribution in [0.4, 0.5) is 0 Å². The Hall–Kier alpha value is -11.5. The number of hydrogen-bond acceptors (Lipinski definition) is 34. The van der Waals surface area contributed by atoms with E-state index in [1.54, 1.807) is 27.7 Å². The predicted molar refractivity (Wildman–Crippen MR) is 531 cm³/mol. The van der Waals surface area contributed by atoms with Gasteiger partial charge in [0.15, 0.2) is 52.6 Å². The molecule has 0 aliphatic carbocycles. The minimum Gasteiger partial charge on any atom is -0.481 e. The van der Waals surface area contributed by atoms with E-state index in [9.17, 15) is 43.2 Å². The van der Waals surface area contributed by atoms with Gasteiger partial charge in [-0.25, -0.2) is 19.2 Å². The average Bonchev–Trinajstić information content (AvgIpc) is 0.757. The lowest BCUT2D eigenvalue weighted by atomic mass is 9.87. The summed E-state index contributed by atoms with van der Waals surface area (Å²) in [7, 11) is 15.6. The number of carbonyl (C=O) groups is 9. The molecular formula is C93H143N13O30S4. The van der Waals surface area contributed by atoms with Gasteiger partial charge in [0.25, 0.3) is 23.6 Å². The first-order chi connectivity index (χ1) is 64.7. The van der Waals surface area contributed by atoms with Crippen molar-refractivity contribution in [1.29, 1.82) is 0 Å². The maximum absolute atomic E-state index is 14.4. The minimum absolute atomic E-state index is 0.176. The van der Waals surface area contributed by atoms with Gasteiger partial charge >= 0.3 is 29.8 Å². The second kappa shape index (κ2) is 60.6. The lowest BCUT2D eigenvalue weighted by Crippen LogP contribution is -2.46. The summed E-state index contributed by atoms with van der Waals surface area (Å²) >= 11 is 5.50. The van der Waals surface area contributed by atoms with E-state index in [1.807, 2.05) is 86.7 Å². The molecule has 43 nitrogen and oxygen atoms in total. The predicted octanol–water partition coefficient (Wildman–Crippen LogP) is 11.6. The molecule has 6 rings (SSSR count). The zero-order chi connectivity index (χ0) is 107. The Bertz CT molecular complexity index is 4250. The molecule has 0 saturated carbocycles. The van der Waals surface area contributed by atoms with Gasteiger partial charge in [-0.3, -0.25) is 24.0 Å². The summed E-state index contributed by atoms with van der Waals surface area (Å²) < 4.78 is 50.5. The van der Waals surface area contributed by atoms with Crippen molar-refractivity contribution in [3.8, 4) is 23.0 Å². The molecular weight excluding hydrogens is 1910 g/mol. The molecule has 1 heterocycles. The number of rotatable bonds is 43. The van der Waals surface area contributed by atoms with Crippen molar-refractivity contribution in [1.82, 2.24) is 21.3 Å². The molecule has 0 saturated heterocycles. The fourth-order valence-corrected chi connectivity index (χ4v) is 17.7. The van der Waals surface area contributed by atoms with E-state index < -0.39 is 80.4 Å². The number of quaternary nitrogens is 4. The van der Waals surface area contributed by atoms with E-state index in [-0.39, 0.29) is 100 Å². The quantitative estimate of drug-likeness (QED) is 0.00517. The fraction of sp³-hybridized carbons (Fsp3) is 0.581. The molecule has 0 aromatic heterocycles. The highest BCUT2D eigenvalue weighted by Gasteiger charge is 2.34. The minimum atomic E-state index is -1.75. The molecule has 1 aliphatic rings. The number of fused-ring (bicyclic) bond motifs is 8. The number of nitrogens with zero attached hydrogens (tertiary/aromatic N) is 8. The number of aliphatic carboxylic acids is 1. The van der Waals surface area contributed by atoms with E-state index in [4.69, 9.17) is 110 Å². The van der Waals surface area contributed by atoms with Gasteiger partial charge in [-0.2, -0.15) is 0 Å². The third-order valence-electron chi connectivity index (χ3n) is 19.9. The summed E-state index contributed by atoms with van der Waals surface area (Å²) in [5.74, 6) is -2.17. The summed E-state index contributed by atoms with van der Waals surface area (Å²) in [6.45, 7) is 36.4. The molecule has 8 bridgehead atoms. The van der Waals surface area contributed by atoms with Gasteiger partial charge in [-0.15, -0.1) is 0 Å². The van der Waals surface area contributed by atoms with Crippen molar-refractivity contribution in [3.63, 3.8) is 0 Å². The number of esters is 4. The van der Waals surface area contributed by atoms with Crippen LogP contribution in [0.3, 0.4) is 0 Å². The molecule has 1 atom stereocenters. The molecule has 0 spiro atoms. The molecule has 4 amide bonds. The average molecular weight is 2050 g/mol. The van der Waals surface area contributed by atoms with E-state index in [0.717, 1.165) is 27.8 Å². The molecule has 784 valence electrons. The monoisotopic (exact) mass is 2050 g/mol. The molecule has 0 fully saturated rings. The fourth-order valence-electron chi connectivity index (χ4n) is 12.9. The largest absolute Gasteiger partial charge is 0.481 e. The maximum atomic E-state index is 14.4. The molecule has 7 N–H and O–H groups in total. The van der Waals surface area contributed by atoms with Crippen LogP contribution in [0.5, 0.6) is 23.0 Å². The van der Waals surface area contributed by atoms with Crippen molar-refractivity contribution in [2.45, 2.75) is 210 Å². The Kier molecular flexibility index (Phi) is 54.8. The number of ether oxygens (including phenoxy) is 8. The Morgan fingerprint density at radius 3 is 0.686 bits per heavy atom. The molecule has 0 radical (unpaired) electrons. The van der Waals surface area contributed by atoms with Crippen molar-refractivity contribution in [3.05, 3.63) is 168 Å². The highest BCUT2D eigenvalue weighted by molar-refractivity contribution is 8.01. The van der Waals surface area contributed by atoms with Crippen LogP contribution in [-0.2, 0) is 90.2 Å².